The Morgan fingerprint density at radius 1 is 1.55 bits per heavy atom. The third kappa shape index (κ3) is 3.09. The van der Waals surface area contributed by atoms with Gasteiger partial charge in [0.1, 0.15) is 29.0 Å². The van der Waals surface area contributed by atoms with Gasteiger partial charge in [0.2, 0.25) is 0 Å². The van der Waals surface area contributed by atoms with Crippen molar-refractivity contribution in [3.63, 3.8) is 0 Å². The van der Waals surface area contributed by atoms with Crippen LogP contribution in [0.5, 0.6) is 0 Å². The number of hydrogen-bond donors (Lipinski definition) is 2. The number of thioether (sulfide) groups is 1. The molecule has 1 aliphatic heterocycles. The van der Waals surface area contributed by atoms with Crippen LogP contribution in [0.4, 0.5) is 8.78 Å². The Bertz CT molecular complexity index is 504. The molecule has 0 radical (unpaired) electrons. The largest absolute Gasteiger partial charge is 0.393 e. The number of hydrazine groups is 1. The third-order valence-corrected chi connectivity index (χ3v) is 4.08. The summed E-state index contributed by atoms with van der Waals surface area (Å²) in [6, 6.07) is 3.12. The van der Waals surface area contributed by atoms with Crippen LogP contribution >= 0.6 is 11.8 Å². The zero-order chi connectivity index (χ0) is 14.7. The zero-order valence-corrected chi connectivity index (χ0v) is 11.5. The molecule has 1 heterocycles. The number of amides is 1. The molecule has 1 aromatic rings. The quantitative estimate of drug-likeness (QED) is 0.869. The highest BCUT2D eigenvalue weighted by molar-refractivity contribution is 8.00. The molecule has 8 heteroatoms. The number of rotatable bonds is 4. The fourth-order valence-electron chi connectivity index (χ4n) is 1.87. The minimum absolute atomic E-state index is 0.0983. The van der Waals surface area contributed by atoms with E-state index in [1.807, 2.05) is 0 Å². The van der Waals surface area contributed by atoms with Gasteiger partial charge in [-0.1, -0.05) is 0 Å². The summed E-state index contributed by atoms with van der Waals surface area (Å²) in [5.41, 5.74) is 2.86. The monoisotopic (exact) mass is 304 g/mol. The molecule has 2 N–H and O–H groups in total. The number of halogens is 2. The van der Waals surface area contributed by atoms with Crippen LogP contribution < -0.4 is 5.43 Å². The van der Waals surface area contributed by atoms with Crippen molar-refractivity contribution in [2.24, 2.45) is 0 Å². The minimum Gasteiger partial charge on any atom is -0.393 e. The highest BCUT2D eigenvalue weighted by Crippen LogP contribution is 2.38. The lowest BCUT2D eigenvalue weighted by Crippen LogP contribution is -2.45. The number of hydrogen-bond acceptors (Lipinski definition) is 5. The van der Waals surface area contributed by atoms with Gasteiger partial charge in [-0.05, 0) is 18.2 Å². The summed E-state index contributed by atoms with van der Waals surface area (Å²) in [5.74, 6) is -1.53. The molecule has 1 saturated heterocycles. The summed E-state index contributed by atoms with van der Waals surface area (Å²) in [7, 11) is 1.37. The van der Waals surface area contributed by atoms with E-state index >= 15 is 0 Å². The van der Waals surface area contributed by atoms with Gasteiger partial charge >= 0.3 is 0 Å². The van der Waals surface area contributed by atoms with Crippen LogP contribution in [0.2, 0.25) is 0 Å². The lowest BCUT2D eigenvalue weighted by atomic mass is 10.2. The maximum absolute atomic E-state index is 13.7. The predicted molar refractivity (Wildman–Crippen MR) is 69.4 cm³/mol. The maximum Gasteiger partial charge on any atom is 0.263 e. The van der Waals surface area contributed by atoms with Crippen molar-refractivity contribution < 1.29 is 23.4 Å². The number of aliphatic hydroxyl groups is 1. The molecule has 5 nitrogen and oxygen atoms in total. The fraction of sp³-hybridized carbons (Fsp3) is 0.417. The van der Waals surface area contributed by atoms with Crippen LogP contribution in [0.1, 0.15) is 10.9 Å². The third-order valence-electron chi connectivity index (χ3n) is 2.77. The van der Waals surface area contributed by atoms with E-state index in [4.69, 9.17) is 4.74 Å². The van der Waals surface area contributed by atoms with E-state index in [0.29, 0.717) is 0 Å². The van der Waals surface area contributed by atoms with Gasteiger partial charge in [-0.2, -0.15) is 0 Å². The van der Waals surface area contributed by atoms with Crippen LogP contribution in [0.15, 0.2) is 18.2 Å². The molecule has 2 unspecified atom stereocenters. The summed E-state index contributed by atoms with van der Waals surface area (Å²) < 4.78 is 31.7. The van der Waals surface area contributed by atoms with Crippen LogP contribution in [-0.4, -0.2) is 41.7 Å². The number of methoxy groups -OCH3 is 1. The van der Waals surface area contributed by atoms with Gasteiger partial charge in [-0.15, -0.1) is 11.8 Å². The molecule has 0 bridgehead atoms. The van der Waals surface area contributed by atoms with Gasteiger partial charge in [0.25, 0.3) is 5.91 Å². The zero-order valence-electron chi connectivity index (χ0n) is 10.7. The predicted octanol–water partition coefficient (Wildman–Crippen LogP) is 1.01. The number of nitrogens with one attached hydrogen (secondary N) is 1. The number of carbonyl (C=O) groups is 1. The second-order valence-corrected chi connectivity index (χ2v) is 5.43. The summed E-state index contributed by atoms with van der Waals surface area (Å²) >= 11 is 1.13. The summed E-state index contributed by atoms with van der Waals surface area (Å²) in [6.07, 6.45) is 0. The molecule has 0 saturated carbocycles. The van der Waals surface area contributed by atoms with Crippen molar-refractivity contribution >= 4 is 17.7 Å². The Morgan fingerprint density at radius 2 is 2.30 bits per heavy atom. The number of carbonyl (C=O) groups excluding carboxylic acids is 1. The molecular weight excluding hydrogens is 290 g/mol. The molecule has 2 rings (SSSR count). The van der Waals surface area contributed by atoms with Crippen molar-refractivity contribution in [3.8, 4) is 0 Å². The second kappa shape index (κ2) is 6.49. The van der Waals surface area contributed by atoms with Crippen LogP contribution in [0.25, 0.3) is 0 Å². The average molecular weight is 304 g/mol. The van der Waals surface area contributed by atoms with Crippen LogP contribution in [0, 0.1) is 11.6 Å². The smallest absolute Gasteiger partial charge is 0.263 e. The van der Waals surface area contributed by atoms with Crippen molar-refractivity contribution in [2.75, 3.05) is 20.3 Å². The molecule has 2 atom stereocenters. The minimum atomic E-state index is -0.649. The Morgan fingerprint density at radius 3 is 2.95 bits per heavy atom. The molecule has 0 spiro atoms. The van der Waals surface area contributed by atoms with E-state index in [-0.39, 0.29) is 18.8 Å². The first-order chi connectivity index (χ1) is 9.56. The number of nitrogens with zero attached hydrogens (tertiary/aromatic N) is 1. The van der Waals surface area contributed by atoms with E-state index in [1.165, 1.54) is 12.1 Å². The van der Waals surface area contributed by atoms with Crippen molar-refractivity contribution in [1.82, 2.24) is 10.4 Å². The summed E-state index contributed by atoms with van der Waals surface area (Å²) in [5, 5.41) is 9.23. The second-order valence-electron chi connectivity index (χ2n) is 4.15. The topological polar surface area (TPSA) is 61.8 Å². The van der Waals surface area contributed by atoms with Gasteiger partial charge in [-0.3, -0.25) is 9.80 Å². The van der Waals surface area contributed by atoms with Crippen molar-refractivity contribution in [2.45, 2.75) is 10.7 Å². The molecule has 20 heavy (non-hydrogen) atoms. The highest BCUT2D eigenvalue weighted by Gasteiger charge is 2.37. The van der Waals surface area contributed by atoms with E-state index in [2.05, 4.69) is 5.43 Å². The molecule has 1 aromatic carbocycles. The molecule has 1 amide bonds. The lowest BCUT2D eigenvalue weighted by molar-refractivity contribution is -0.139. The summed E-state index contributed by atoms with van der Waals surface area (Å²) in [6.45, 7) is -0.469. The first kappa shape index (κ1) is 15.2. The Kier molecular flexibility index (Phi) is 4.92. The molecule has 1 fully saturated rings. The van der Waals surface area contributed by atoms with Crippen LogP contribution in [0.3, 0.4) is 0 Å². The Hall–Kier alpha value is -1.22. The first-order valence-corrected chi connectivity index (χ1v) is 6.79. The van der Waals surface area contributed by atoms with Gasteiger partial charge < -0.3 is 9.84 Å². The van der Waals surface area contributed by atoms with Crippen molar-refractivity contribution in [3.05, 3.63) is 35.4 Å². The van der Waals surface area contributed by atoms with Crippen molar-refractivity contribution in [1.29, 1.82) is 0 Å². The SMILES string of the molecule is COCC(=O)N1NC(c2cc(F)ccc2F)SC1CO. The first-order valence-electron chi connectivity index (χ1n) is 5.85. The van der Waals surface area contributed by atoms with Gasteiger partial charge in [0.15, 0.2) is 0 Å². The Balaban J connectivity index is 2.19. The molecule has 1 aliphatic rings. The fourth-order valence-corrected chi connectivity index (χ4v) is 3.07. The standard InChI is InChI=1S/C12H14F2N2O3S/c1-19-6-10(18)16-11(5-17)20-12(15-16)8-4-7(13)2-3-9(8)14/h2-4,11-12,15,17H,5-6H2,1H3. The summed E-state index contributed by atoms with van der Waals surface area (Å²) in [4.78, 5) is 11.8. The number of benzene rings is 1. The normalized spacial score (nSPS) is 22.3. The average Bonchev–Trinajstić information content (AvgIpc) is 2.86. The van der Waals surface area contributed by atoms with E-state index in [0.717, 1.165) is 30.0 Å². The van der Waals surface area contributed by atoms with Gasteiger partial charge in [0.05, 0.1) is 6.61 Å². The van der Waals surface area contributed by atoms with Gasteiger partial charge in [0, 0.05) is 12.7 Å². The molecular formula is C12H14F2N2O3S. The van der Waals surface area contributed by atoms with E-state index in [1.54, 1.807) is 0 Å². The van der Waals surface area contributed by atoms with E-state index < -0.39 is 28.3 Å². The molecule has 0 aliphatic carbocycles. The molecule has 110 valence electrons. The van der Waals surface area contributed by atoms with E-state index in [9.17, 15) is 18.7 Å². The number of aliphatic hydroxyl groups excluding tert-OH is 1. The lowest BCUT2D eigenvalue weighted by Gasteiger charge is -2.21. The molecule has 0 aromatic heterocycles. The number of ether oxygens (including phenoxy) is 1. The highest BCUT2D eigenvalue weighted by atomic mass is 32.2. The van der Waals surface area contributed by atoms with Gasteiger partial charge in [-0.25, -0.2) is 14.2 Å². The maximum atomic E-state index is 13.7. The Labute approximate surface area is 118 Å². The van der Waals surface area contributed by atoms with Crippen LogP contribution in [-0.2, 0) is 9.53 Å².